The summed E-state index contributed by atoms with van der Waals surface area (Å²) >= 11 is 0. The minimum atomic E-state index is 0. The third-order valence-corrected chi connectivity index (χ3v) is 8.86. The maximum atomic E-state index is 2.42. The molecule has 0 bridgehead atoms. The summed E-state index contributed by atoms with van der Waals surface area (Å²) in [5.41, 5.74) is 0. The molecule has 2 nitrogen and oxygen atoms in total. The van der Waals surface area contributed by atoms with Gasteiger partial charge in [-0.3, -0.25) is 0 Å². The van der Waals surface area contributed by atoms with Crippen molar-refractivity contribution in [3.63, 3.8) is 0 Å². The van der Waals surface area contributed by atoms with Crippen LogP contribution in [0.3, 0.4) is 0 Å². The fourth-order valence-corrected chi connectivity index (χ4v) is 5.37. The van der Waals surface area contributed by atoms with Gasteiger partial charge in [-0.1, -0.05) is 168 Å². The Hall–Kier alpha value is 0.880. The fourth-order valence-electron chi connectivity index (χ4n) is 5.37. The summed E-state index contributed by atoms with van der Waals surface area (Å²) in [6.07, 6.45) is 41.1. The highest BCUT2D eigenvalue weighted by Crippen LogP contribution is 2.14. The summed E-state index contributed by atoms with van der Waals surface area (Å²) in [6, 6.07) is 0. The van der Waals surface area contributed by atoms with Crippen LogP contribution in [0.1, 0.15) is 201 Å². The van der Waals surface area contributed by atoms with E-state index in [0.717, 1.165) is 4.48 Å². The lowest BCUT2D eigenvalue weighted by molar-refractivity contribution is -0.880. The van der Waals surface area contributed by atoms with Gasteiger partial charge in [-0.05, 0) is 32.6 Å². The van der Waals surface area contributed by atoms with Crippen LogP contribution in [0.25, 0.3) is 0 Å². The van der Waals surface area contributed by atoms with Crippen molar-refractivity contribution in [2.45, 2.75) is 201 Å². The molecule has 0 unspecified atom stereocenters. The Bertz CT molecular complexity index is 407. The third-order valence-electron chi connectivity index (χ3n) is 8.86. The Kier molecular flexibility index (Phi) is 49.6. The molecule has 0 aliphatic heterocycles. The zero-order valence-electron chi connectivity index (χ0n) is 30.6. The molecule has 0 saturated carbocycles. The molecule has 0 spiro atoms. The van der Waals surface area contributed by atoms with E-state index in [-0.39, 0.29) is 34.0 Å². The standard InChI is InChI=1S/C33H69N.C5H14N.2BrH/c1-4-6-8-10-12-14-16-18-20-22-24-26-28-30-32-34(3)33-31-29-27-25-23-21-19-17-15-13-11-9-7-5-2;1-5-6(2,3)4;;/h4-33H2,1-3H3;5H2,1-4H3;2*1H/q;+1;;/p-1. The number of unbranched alkanes of at least 4 members (excludes halogenated alkanes) is 26. The number of hydrogen-bond donors (Lipinski definition) is 1. The summed E-state index contributed by atoms with van der Waals surface area (Å²) in [5.74, 6) is 0. The molecule has 0 atom stereocenters. The maximum Gasteiger partial charge on any atom is 0.0768 e. The molecule has 0 aliphatic carbocycles. The van der Waals surface area contributed by atoms with Crippen LogP contribution in [0.4, 0.5) is 0 Å². The van der Waals surface area contributed by atoms with Crippen molar-refractivity contribution in [1.82, 2.24) is 0 Å². The first-order valence-electron chi connectivity index (χ1n) is 19.0. The van der Waals surface area contributed by atoms with Crippen molar-refractivity contribution >= 4 is 0 Å². The van der Waals surface area contributed by atoms with Crippen LogP contribution in [-0.4, -0.2) is 52.3 Å². The second kappa shape index (κ2) is 41.9. The summed E-state index contributed by atoms with van der Waals surface area (Å²) in [4.78, 5) is 1.78. The van der Waals surface area contributed by atoms with Gasteiger partial charge in [-0.2, -0.15) is 0 Å². The topological polar surface area (TPSA) is 4.44 Å². The smallest absolute Gasteiger partial charge is 0.0768 e. The van der Waals surface area contributed by atoms with Gasteiger partial charge in [-0.25, -0.2) is 0 Å². The molecule has 0 rings (SSSR count). The summed E-state index contributed by atoms with van der Waals surface area (Å²) in [5, 5.41) is 0. The highest BCUT2D eigenvalue weighted by atomic mass is 79.9. The zero-order valence-corrected chi connectivity index (χ0v) is 33.8. The molecule has 260 valence electrons. The van der Waals surface area contributed by atoms with Gasteiger partial charge in [-0.15, -0.1) is 0 Å². The zero-order chi connectivity index (χ0) is 30.0. The second-order valence-corrected chi connectivity index (χ2v) is 14.3. The van der Waals surface area contributed by atoms with Crippen molar-refractivity contribution in [1.29, 1.82) is 0 Å². The number of nitrogens with one attached hydrogen (secondary N) is 1. The maximum absolute atomic E-state index is 2.42. The number of nitrogens with zero attached hydrogens (tertiary/aromatic N) is 1. The first-order valence-corrected chi connectivity index (χ1v) is 19.0. The molecular weight excluding hydrogens is 644 g/mol. The van der Waals surface area contributed by atoms with Gasteiger partial charge in [0.05, 0.1) is 47.8 Å². The first-order chi connectivity index (χ1) is 19.4. The van der Waals surface area contributed by atoms with E-state index < -0.39 is 0 Å². The van der Waals surface area contributed by atoms with Crippen LogP contribution in [0.15, 0.2) is 0 Å². The lowest BCUT2D eigenvalue weighted by Gasteiger charge is -2.20. The SMILES string of the molecule is CCCCCCCCCCCCCCCC[NH+](C)CCCCCCCCCCCCCCCC.CC[N+](C)(C)C.[Br-].[Br-]. The van der Waals surface area contributed by atoms with E-state index in [4.69, 9.17) is 0 Å². The van der Waals surface area contributed by atoms with Crippen LogP contribution in [0, 0.1) is 0 Å². The number of rotatable bonds is 31. The first kappa shape index (κ1) is 49.8. The lowest BCUT2D eigenvalue weighted by atomic mass is 10.0. The van der Waals surface area contributed by atoms with Gasteiger partial charge in [0.15, 0.2) is 0 Å². The number of quaternary nitrogens is 2. The van der Waals surface area contributed by atoms with Crippen LogP contribution in [0.5, 0.6) is 0 Å². The Labute approximate surface area is 290 Å². The molecule has 42 heavy (non-hydrogen) atoms. The molecule has 0 radical (unpaired) electrons. The van der Waals surface area contributed by atoms with Crippen molar-refractivity contribution in [3.05, 3.63) is 0 Å². The second-order valence-electron chi connectivity index (χ2n) is 14.3. The van der Waals surface area contributed by atoms with Crippen molar-refractivity contribution in [2.24, 2.45) is 0 Å². The summed E-state index contributed by atoms with van der Waals surface area (Å²) in [7, 11) is 8.96. The molecule has 0 amide bonds. The highest BCUT2D eigenvalue weighted by Gasteiger charge is 2.02. The van der Waals surface area contributed by atoms with Crippen LogP contribution in [-0.2, 0) is 0 Å². The molecule has 0 heterocycles. The summed E-state index contributed by atoms with van der Waals surface area (Å²) in [6.45, 7) is 10.8. The average molecular weight is 729 g/mol. The van der Waals surface area contributed by atoms with Crippen LogP contribution >= 0.6 is 0 Å². The van der Waals surface area contributed by atoms with Crippen LogP contribution in [0.2, 0.25) is 0 Å². The third kappa shape index (κ3) is 50.5. The van der Waals surface area contributed by atoms with E-state index >= 15 is 0 Å². The van der Waals surface area contributed by atoms with Gasteiger partial charge in [0.25, 0.3) is 0 Å². The van der Waals surface area contributed by atoms with E-state index in [9.17, 15) is 0 Å². The molecule has 4 heteroatoms. The molecule has 0 aliphatic rings. The molecular formula is C38H84Br2N2. The molecule has 0 aromatic carbocycles. The Morgan fingerprint density at radius 3 is 0.667 bits per heavy atom. The number of halogens is 2. The highest BCUT2D eigenvalue weighted by molar-refractivity contribution is 4.51. The normalized spacial score (nSPS) is 11.1. The van der Waals surface area contributed by atoms with Crippen molar-refractivity contribution in [2.75, 3.05) is 47.8 Å². The average Bonchev–Trinajstić information content (AvgIpc) is 2.93. The quantitative estimate of drug-likeness (QED) is 0.0742. The molecule has 1 N–H and O–H groups in total. The molecule has 0 saturated heterocycles. The predicted octanol–water partition coefficient (Wildman–Crippen LogP) is 5.18. The van der Waals surface area contributed by atoms with Crippen LogP contribution < -0.4 is 38.9 Å². The Morgan fingerprint density at radius 1 is 0.333 bits per heavy atom. The largest absolute Gasteiger partial charge is 1.00 e. The van der Waals surface area contributed by atoms with E-state index in [0.29, 0.717) is 0 Å². The van der Waals surface area contributed by atoms with Gasteiger partial charge < -0.3 is 43.3 Å². The molecule has 0 aromatic rings. The Balaban J connectivity index is -0.000000810. The van der Waals surface area contributed by atoms with Gasteiger partial charge in [0.1, 0.15) is 0 Å². The fraction of sp³-hybridized carbons (Fsp3) is 1.00. The van der Waals surface area contributed by atoms with Crippen molar-refractivity contribution in [3.8, 4) is 0 Å². The van der Waals surface area contributed by atoms with E-state index in [1.54, 1.807) is 4.90 Å². The monoisotopic (exact) mass is 727 g/mol. The van der Waals surface area contributed by atoms with Crippen molar-refractivity contribution < 1.29 is 43.3 Å². The minimum absolute atomic E-state index is 0. The molecule has 0 fully saturated rings. The Morgan fingerprint density at radius 2 is 0.500 bits per heavy atom. The van der Waals surface area contributed by atoms with Gasteiger partial charge in [0.2, 0.25) is 0 Å². The van der Waals surface area contributed by atoms with E-state index in [2.05, 4.69) is 49.0 Å². The van der Waals surface area contributed by atoms with Gasteiger partial charge >= 0.3 is 0 Å². The van der Waals surface area contributed by atoms with E-state index in [1.165, 1.54) is 199 Å². The molecule has 0 aromatic heterocycles. The lowest BCUT2D eigenvalue weighted by Crippen LogP contribution is -3.09. The summed E-state index contributed by atoms with van der Waals surface area (Å²) < 4.78 is 1.07. The predicted molar refractivity (Wildman–Crippen MR) is 186 cm³/mol. The minimum Gasteiger partial charge on any atom is -1.00 e. The van der Waals surface area contributed by atoms with Gasteiger partial charge in [0, 0.05) is 0 Å². The number of hydrogen-bond acceptors (Lipinski definition) is 0. The van der Waals surface area contributed by atoms with E-state index in [1.807, 2.05) is 0 Å².